The van der Waals surface area contributed by atoms with Crippen molar-refractivity contribution in [3.8, 4) is 0 Å². The fraction of sp³-hybridized carbons (Fsp3) is 0.471. The Morgan fingerprint density at radius 3 is 3.08 bits per heavy atom. The first-order valence-electron chi connectivity index (χ1n) is 8.19. The van der Waals surface area contributed by atoms with E-state index in [2.05, 4.69) is 9.88 Å². The third-order valence-electron chi connectivity index (χ3n) is 5.22. The average molecular weight is 364 g/mol. The van der Waals surface area contributed by atoms with E-state index >= 15 is 0 Å². The number of likely N-dealkylation sites (tertiary alicyclic amines) is 1. The summed E-state index contributed by atoms with van der Waals surface area (Å²) in [6.07, 6.45) is 2.28. The zero-order valence-electron chi connectivity index (χ0n) is 13.5. The van der Waals surface area contributed by atoms with Crippen molar-refractivity contribution in [3.63, 3.8) is 0 Å². The molecule has 0 spiro atoms. The first-order valence-corrected chi connectivity index (χ1v) is 8.57. The van der Waals surface area contributed by atoms with Crippen LogP contribution in [0.4, 0.5) is 0 Å². The lowest BCUT2D eigenvalue weighted by Crippen LogP contribution is -2.46. The van der Waals surface area contributed by atoms with E-state index in [1.807, 2.05) is 0 Å². The molecular formula is C17H18ClN3O4. The summed E-state index contributed by atoms with van der Waals surface area (Å²) in [5.41, 5.74) is 0.111. The highest BCUT2D eigenvalue weighted by molar-refractivity contribution is 6.30. The van der Waals surface area contributed by atoms with Crippen LogP contribution in [0.3, 0.4) is 0 Å². The van der Waals surface area contributed by atoms with Crippen molar-refractivity contribution in [2.24, 2.45) is 11.3 Å². The van der Waals surface area contributed by atoms with Gasteiger partial charge in [0, 0.05) is 38.5 Å². The van der Waals surface area contributed by atoms with Gasteiger partial charge in [-0.3, -0.25) is 18.9 Å². The van der Waals surface area contributed by atoms with Gasteiger partial charge in [0.2, 0.25) is 0 Å². The highest BCUT2D eigenvalue weighted by Gasteiger charge is 2.54. The van der Waals surface area contributed by atoms with Crippen molar-refractivity contribution in [2.45, 2.75) is 13.0 Å². The zero-order valence-corrected chi connectivity index (χ0v) is 14.3. The summed E-state index contributed by atoms with van der Waals surface area (Å²) < 4.78 is 6.85. The molecular weight excluding hydrogens is 346 g/mol. The van der Waals surface area contributed by atoms with Gasteiger partial charge >= 0.3 is 5.97 Å². The second-order valence-corrected chi connectivity index (χ2v) is 7.27. The number of nitrogens with zero attached hydrogens (tertiary/aromatic N) is 3. The first-order chi connectivity index (χ1) is 12.0. The number of carboxylic acids is 1. The van der Waals surface area contributed by atoms with Gasteiger partial charge in [0.05, 0.1) is 17.3 Å². The molecule has 2 aliphatic rings. The smallest absolute Gasteiger partial charge is 0.313 e. The monoisotopic (exact) mass is 363 g/mol. The van der Waals surface area contributed by atoms with Crippen LogP contribution in [0, 0.1) is 11.3 Å². The third kappa shape index (κ3) is 2.82. The second-order valence-electron chi connectivity index (χ2n) is 6.83. The molecule has 132 valence electrons. The average Bonchev–Trinajstić information content (AvgIpc) is 2.95. The number of aliphatic carboxylic acids is 1. The number of rotatable bonds is 3. The van der Waals surface area contributed by atoms with Gasteiger partial charge in [0.25, 0.3) is 5.56 Å². The Morgan fingerprint density at radius 2 is 2.32 bits per heavy atom. The number of aromatic nitrogens is 2. The van der Waals surface area contributed by atoms with Crippen molar-refractivity contribution in [1.29, 1.82) is 0 Å². The quantitative estimate of drug-likeness (QED) is 0.884. The number of fused-ring (bicyclic) bond motifs is 2. The summed E-state index contributed by atoms with van der Waals surface area (Å²) in [6, 6.07) is 4.87. The topological polar surface area (TPSA) is 84.1 Å². The van der Waals surface area contributed by atoms with Crippen LogP contribution in [0.1, 0.15) is 12.1 Å². The van der Waals surface area contributed by atoms with Gasteiger partial charge in [0.15, 0.2) is 0 Å². The molecule has 2 aromatic heterocycles. The molecule has 0 saturated carbocycles. The van der Waals surface area contributed by atoms with Crippen molar-refractivity contribution in [2.75, 3.05) is 26.3 Å². The van der Waals surface area contributed by atoms with Gasteiger partial charge in [-0.05, 0) is 24.5 Å². The molecule has 1 N–H and O–H groups in total. The molecule has 2 aliphatic heterocycles. The third-order valence-corrected chi connectivity index (χ3v) is 5.45. The Kier molecular flexibility index (Phi) is 4.02. The maximum absolute atomic E-state index is 12.3. The van der Waals surface area contributed by atoms with Gasteiger partial charge < -0.3 is 9.84 Å². The Bertz CT molecular complexity index is 899. The molecule has 4 rings (SSSR count). The minimum atomic E-state index is -0.850. The molecule has 0 radical (unpaired) electrons. The molecule has 25 heavy (non-hydrogen) atoms. The Balaban J connectivity index is 1.61. The molecule has 0 unspecified atom stereocenters. The van der Waals surface area contributed by atoms with E-state index in [-0.39, 0.29) is 18.1 Å². The molecule has 7 nitrogen and oxygen atoms in total. The SMILES string of the molecule is O=C(O)[C@]12COCC[C@H]1CN(Cc1cc(=O)n3cc(Cl)ccc3n1)C2. The predicted molar refractivity (Wildman–Crippen MR) is 90.7 cm³/mol. The van der Waals surface area contributed by atoms with E-state index in [1.165, 1.54) is 16.7 Å². The second kappa shape index (κ2) is 6.09. The molecule has 0 bridgehead atoms. The lowest BCUT2D eigenvalue weighted by molar-refractivity contribution is -0.159. The van der Waals surface area contributed by atoms with Crippen LogP contribution in [0.2, 0.25) is 5.02 Å². The summed E-state index contributed by atoms with van der Waals surface area (Å²) in [5.74, 6) is -0.736. The Labute approximate surface area is 148 Å². The molecule has 2 aromatic rings. The number of hydrogen-bond donors (Lipinski definition) is 1. The Hall–Kier alpha value is -1.96. The van der Waals surface area contributed by atoms with Crippen LogP contribution in [0.15, 0.2) is 29.2 Å². The normalized spacial score (nSPS) is 26.7. The summed E-state index contributed by atoms with van der Waals surface area (Å²) in [5, 5.41) is 10.2. The highest BCUT2D eigenvalue weighted by Crippen LogP contribution is 2.42. The number of carboxylic acid groups (broad SMARTS) is 1. The van der Waals surface area contributed by atoms with E-state index in [9.17, 15) is 14.7 Å². The molecule has 0 aromatic carbocycles. The van der Waals surface area contributed by atoms with Gasteiger partial charge in [-0.25, -0.2) is 4.98 Å². The molecule has 8 heteroatoms. The summed E-state index contributed by atoms with van der Waals surface area (Å²) in [7, 11) is 0. The minimum Gasteiger partial charge on any atom is -0.481 e. The van der Waals surface area contributed by atoms with Crippen molar-refractivity contribution in [1.82, 2.24) is 14.3 Å². The molecule has 4 heterocycles. The van der Waals surface area contributed by atoms with Crippen LogP contribution in [0.25, 0.3) is 5.65 Å². The number of pyridine rings is 1. The summed E-state index contributed by atoms with van der Waals surface area (Å²) in [6.45, 7) is 2.38. The van der Waals surface area contributed by atoms with Crippen LogP contribution in [0.5, 0.6) is 0 Å². The van der Waals surface area contributed by atoms with Crippen molar-refractivity contribution >= 4 is 23.2 Å². The highest BCUT2D eigenvalue weighted by atomic mass is 35.5. The lowest BCUT2D eigenvalue weighted by Gasteiger charge is -2.34. The summed E-state index contributed by atoms with van der Waals surface area (Å²) >= 11 is 5.92. The van der Waals surface area contributed by atoms with E-state index in [0.29, 0.717) is 42.6 Å². The molecule has 2 saturated heterocycles. The fourth-order valence-electron chi connectivity index (χ4n) is 3.95. The first kappa shape index (κ1) is 16.5. The van der Waals surface area contributed by atoms with Crippen LogP contribution in [-0.2, 0) is 16.1 Å². The molecule has 2 atom stereocenters. The Morgan fingerprint density at radius 1 is 1.48 bits per heavy atom. The van der Waals surface area contributed by atoms with Crippen molar-refractivity contribution in [3.05, 3.63) is 45.5 Å². The molecule has 0 aliphatic carbocycles. The van der Waals surface area contributed by atoms with E-state index < -0.39 is 11.4 Å². The molecule has 2 fully saturated rings. The minimum absolute atomic E-state index is 0.0686. The van der Waals surface area contributed by atoms with Gasteiger partial charge in [-0.1, -0.05) is 11.6 Å². The number of carbonyl (C=O) groups is 1. The van der Waals surface area contributed by atoms with Crippen LogP contribution in [-0.4, -0.2) is 51.7 Å². The van der Waals surface area contributed by atoms with Gasteiger partial charge in [0.1, 0.15) is 11.1 Å². The standard InChI is InChI=1S/C17H18ClN3O4/c18-12-1-2-14-19-13(5-15(22)21(14)7-12)8-20-6-11-3-4-25-10-17(11,9-20)16(23)24/h1-2,5,7,11H,3-4,6,8-10H2,(H,23,24)/t11-,17+/m0/s1. The lowest BCUT2D eigenvalue weighted by atomic mass is 9.76. The maximum Gasteiger partial charge on any atom is 0.313 e. The number of halogens is 1. The van der Waals surface area contributed by atoms with Crippen LogP contribution < -0.4 is 5.56 Å². The van der Waals surface area contributed by atoms with Crippen LogP contribution >= 0.6 is 11.6 Å². The van der Waals surface area contributed by atoms with Gasteiger partial charge in [-0.15, -0.1) is 0 Å². The predicted octanol–water partition coefficient (Wildman–Crippen LogP) is 1.27. The largest absolute Gasteiger partial charge is 0.481 e. The maximum atomic E-state index is 12.3. The number of hydrogen-bond acceptors (Lipinski definition) is 5. The zero-order chi connectivity index (χ0) is 17.6. The van der Waals surface area contributed by atoms with E-state index in [1.54, 1.807) is 12.1 Å². The van der Waals surface area contributed by atoms with Gasteiger partial charge in [-0.2, -0.15) is 0 Å². The van der Waals surface area contributed by atoms with Crippen molar-refractivity contribution < 1.29 is 14.6 Å². The summed E-state index contributed by atoms with van der Waals surface area (Å²) in [4.78, 5) is 30.7. The van der Waals surface area contributed by atoms with E-state index in [4.69, 9.17) is 16.3 Å². The van der Waals surface area contributed by atoms with E-state index in [0.717, 1.165) is 6.42 Å². The number of ether oxygens (including phenoxy) is 1. The molecule has 0 amide bonds. The fourth-order valence-corrected chi connectivity index (χ4v) is 4.11.